The summed E-state index contributed by atoms with van der Waals surface area (Å²) in [6.45, 7) is 0.405. The Labute approximate surface area is 109 Å². The van der Waals surface area contributed by atoms with E-state index in [9.17, 15) is 4.79 Å². The highest BCUT2D eigenvalue weighted by atomic mass is 32.2. The van der Waals surface area contributed by atoms with Crippen LogP contribution in [0.5, 0.6) is 0 Å². The highest BCUT2D eigenvalue weighted by molar-refractivity contribution is 7.99. The van der Waals surface area contributed by atoms with E-state index in [4.69, 9.17) is 9.47 Å². The van der Waals surface area contributed by atoms with Crippen LogP contribution in [0.25, 0.3) is 0 Å². The van der Waals surface area contributed by atoms with Crippen molar-refractivity contribution in [2.24, 2.45) is 0 Å². The number of ether oxygens (including phenoxy) is 2. The number of amides is 1. The molecule has 1 aromatic rings. The van der Waals surface area contributed by atoms with Gasteiger partial charge in [0.05, 0.1) is 6.54 Å². The van der Waals surface area contributed by atoms with Gasteiger partial charge in [-0.15, -0.1) is 5.10 Å². The normalized spacial score (nSPS) is 10.9. The first-order valence-corrected chi connectivity index (χ1v) is 6.35. The lowest BCUT2D eigenvalue weighted by atomic mass is 10.5. The summed E-state index contributed by atoms with van der Waals surface area (Å²) in [5, 5.41) is 14.5. The van der Waals surface area contributed by atoms with E-state index in [-0.39, 0.29) is 5.91 Å². The molecule has 0 aliphatic rings. The smallest absolute Gasteiger partial charge is 0.220 e. The third-order valence-corrected chi connectivity index (χ3v) is 3.14. The number of aromatic nitrogens is 4. The number of hydrogen-bond acceptors (Lipinski definition) is 7. The maximum absolute atomic E-state index is 11.1. The van der Waals surface area contributed by atoms with Gasteiger partial charge in [-0.3, -0.25) is 4.79 Å². The van der Waals surface area contributed by atoms with Crippen molar-refractivity contribution < 1.29 is 14.3 Å². The second-order valence-corrected chi connectivity index (χ2v) is 4.38. The molecule has 1 amide bonds. The Morgan fingerprint density at radius 3 is 2.83 bits per heavy atom. The molecular weight excluding hydrogens is 258 g/mol. The lowest BCUT2D eigenvalue weighted by Gasteiger charge is -2.13. The maximum Gasteiger partial charge on any atom is 0.220 e. The molecule has 1 aromatic heterocycles. The molecule has 1 rings (SSSR count). The molecule has 18 heavy (non-hydrogen) atoms. The minimum atomic E-state index is -0.396. The van der Waals surface area contributed by atoms with Gasteiger partial charge in [-0.2, -0.15) is 0 Å². The summed E-state index contributed by atoms with van der Waals surface area (Å²) in [5.41, 5.74) is 0. The summed E-state index contributed by atoms with van der Waals surface area (Å²) in [5.74, 6) is 0.609. The molecule has 0 aliphatic heterocycles. The van der Waals surface area contributed by atoms with Crippen molar-refractivity contribution in [1.29, 1.82) is 0 Å². The van der Waals surface area contributed by atoms with Crippen molar-refractivity contribution >= 4 is 17.7 Å². The lowest BCUT2D eigenvalue weighted by Crippen LogP contribution is -2.22. The Bertz CT molecular complexity index is 369. The molecule has 0 aromatic carbocycles. The number of tetrazole rings is 1. The summed E-state index contributed by atoms with van der Waals surface area (Å²) >= 11 is 1.42. The van der Waals surface area contributed by atoms with Gasteiger partial charge in [-0.05, 0) is 10.4 Å². The lowest BCUT2D eigenvalue weighted by molar-refractivity contribution is -0.120. The number of carbonyl (C=O) groups is 1. The molecule has 0 fully saturated rings. The quantitative estimate of drug-likeness (QED) is 0.506. The van der Waals surface area contributed by atoms with Crippen LogP contribution in [0.2, 0.25) is 0 Å². The molecule has 0 aliphatic carbocycles. The number of rotatable bonds is 8. The van der Waals surface area contributed by atoms with Gasteiger partial charge in [0.25, 0.3) is 0 Å². The number of nitrogens with one attached hydrogen (secondary N) is 1. The number of methoxy groups -OCH3 is 2. The molecule has 9 heteroatoms. The molecule has 1 N–H and O–H groups in total. The Morgan fingerprint density at radius 1 is 1.50 bits per heavy atom. The molecule has 8 nitrogen and oxygen atoms in total. The third-order valence-electron chi connectivity index (χ3n) is 2.19. The summed E-state index contributed by atoms with van der Waals surface area (Å²) < 4.78 is 11.7. The van der Waals surface area contributed by atoms with Crippen molar-refractivity contribution in [2.75, 3.05) is 27.0 Å². The predicted octanol–water partition coefficient (Wildman–Crippen LogP) is -0.480. The summed E-state index contributed by atoms with van der Waals surface area (Å²) in [6.07, 6.45) is 0.0261. The van der Waals surface area contributed by atoms with E-state index in [2.05, 4.69) is 20.8 Å². The zero-order valence-electron chi connectivity index (χ0n) is 10.6. The van der Waals surface area contributed by atoms with E-state index < -0.39 is 6.29 Å². The van der Waals surface area contributed by atoms with Crippen molar-refractivity contribution in [3.8, 4) is 0 Å². The molecular formula is C9H17N5O3S. The minimum Gasteiger partial charge on any atom is -0.359 e. The molecule has 0 saturated carbocycles. The second-order valence-electron chi connectivity index (χ2n) is 3.32. The van der Waals surface area contributed by atoms with Crippen molar-refractivity contribution in [3.63, 3.8) is 0 Å². The van der Waals surface area contributed by atoms with Gasteiger partial charge in [0.2, 0.25) is 11.1 Å². The van der Waals surface area contributed by atoms with Gasteiger partial charge < -0.3 is 14.8 Å². The fourth-order valence-corrected chi connectivity index (χ4v) is 1.99. The maximum atomic E-state index is 11.1. The third kappa shape index (κ3) is 4.59. The van der Waals surface area contributed by atoms with Gasteiger partial charge in [0.15, 0.2) is 6.29 Å². The summed E-state index contributed by atoms with van der Waals surface area (Å²) in [7, 11) is 4.71. The molecule has 0 unspecified atom stereocenters. The summed E-state index contributed by atoms with van der Waals surface area (Å²) in [6, 6.07) is 0. The van der Waals surface area contributed by atoms with Crippen LogP contribution in [0.1, 0.15) is 6.42 Å². The minimum absolute atomic E-state index is 0.00631. The van der Waals surface area contributed by atoms with Crippen LogP contribution in [0.4, 0.5) is 0 Å². The Morgan fingerprint density at radius 2 is 2.22 bits per heavy atom. The van der Waals surface area contributed by atoms with Crippen LogP contribution >= 0.6 is 11.8 Å². The Balaban J connectivity index is 2.46. The van der Waals surface area contributed by atoms with E-state index in [1.165, 1.54) is 11.8 Å². The predicted molar refractivity (Wildman–Crippen MR) is 65.0 cm³/mol. The van der Waals surface area contributed by atoms with E-state index >= 15 is 0 Å². The first-order chi connectivity index (χ1) is 8.71. The van der Waals surface area contributed by atoms with Crippen LogP contribution in [-0.2, 0) is 20.8 Å². The van der Waals surface area contributed by atoms with Gasteiger partial charge in [0.1, 0.15) is 0 Å². The van der Waals surface area contributed by atoms with E-state index in [0.717, 1.165) is 0 Å². The fourth-order valence-electron chi connectivity index (χ4n) is 1.16. The van der Waals surface area contributed by atoms with Crippen molar-refractivity contribution in [3.05, 3.63) is 0 Å². The highest BCUT2D eigenvalue weighted by Gasteiger charge is 2.13. The average molecular weight is 275 g/mol. The number of hydrogen-bond donors (Lipinski definition) is 1. The van der Waals surface area contributed by atoms with Gasteiger partial charge in [0, 0.05) is 33.4 Å². The van der Waals surface area contributed by atoms with E-state index in [1.54, 1.807) is 25.9 Å². The highest BCUT2D eigenvalue weighted by Crippen LogP contribution is 2.15. The van der Waals surface area contributed by atoms with Crippen molar-refractivity contribution in [2.45, 2.75) is 24.4 Å². The van der Waals surface area contributed by atoms with E-state index in [1.807, 2.05) is 0 Å². The standard InChI is InChI=1S/C9H17N5O3S/c1-10-7(15)4-5-18-9-11-12-13-14(9)6-8(16-2)17-3/h8H,4-6H2,1-3H3,(H,10,15). The van der Waals surface area contributed by atoms with Crippen LogP contribution in [0.15, 0.2) is 5.16 Å². The molecule has 0 spiro atoms. The monoisotopic (exact) mass is 275 g/mol. The zero-order valence-corrected chi connectivity index (χ0v) is 11.4. The fraction of sp³-hybridized carbons (Fsp3) is 0.778. The largest absolute Gasteiger partial charge is 0.359 e. The Kier molecular flexibility index (Phi) is 6.61. The number of thioether (sulfide) groups is 1. The molecule has 102 valence electrons. The number of carbonyl (C=O) groups excluding carboxylic acids is 1. The zero-order chi connectivity index (χ0) is 13.4. The van der Waals surface area contributed by atoms with Crippen LogP contribution in [0.3, 0.4) is 0 Å². The van der Waals surface area contributed by atoms with Crippen LogP contribution in [0, 0.1) is 0 Å². The van der Waals surface area contributed by atoms with E-state index in [0.29, 0.717) is 23.9 Å². The van der Waals surface area contributed by atoms with Crippen molar-refractivity contribution in [1.82, 2.24) is 25.5 Å². The van der Waals surface area contributed by atoms with Crippen LogP contribution in [-0.4, -0.2) is 59.4 Å². The Hall–Kier alpha value is -1.19. The average Bonchev–Trinajstić information content (AvgIpc) is 2.83. The molecule has 0 saturated heterocycles. The summed E-state index contributed by atoms with van der Waals surface area (Å²) in [4.78, 5) is 11.1. The van der Waals surface area contributed by atoms with Gasteiger partial charge >= 0.3 is 0 Å². The van der Waals surface area contributed by atoms with Crippen LogP contribution < -0.4 is 5.32 Å². The topological polar surface area (TPSA) is 91.2 Å². The SMILES string of the molecule is CNC(=O)CCSc1nnnn1CC(OC)OC. The molecule has 0 atom stereocenters. The molecule has 0 bridgehead atoms. The first kappa shape index (κ1) is 14.9. The first-order valence-electron chi connectivity index (χ1n) is 5.36. The molecule has 1 heterocycles. The second kappa shape index (κ2) is 8.01. The van der Waals surface area contributed by atoms with Gasteiger partial charge in [-0.1, -0.05) is 11.8 Å². The van der Waals surface area contributed by atoms with Gasteiger partial charge in [-0.25, -0.2) is 4.68 Å². The number of nitrogens with zero attached hydrogens (tertiary/aromatic N) is 4. The molecule has 0 radical (unpaired) electrons.